The van der Waals surface area contributed by atoms with Crippen molar-refractivity contribution in [3.63, 3.8) is 0 Å². The lowest BCUT2D eigenvalue weighted by atomic mass is 10.2. The maximum atomic E-state index is 13.6. The minimum atomic E-state index is -4.47. The monoisotopic (exact) mass is 390 g/mol. The third-order valence-corrected chi connectivity index (χ3v) is 3.80. The molecule has 1 amide bonds. The van der Waals surface area contributed by atoms with E-state index in [1.807, 2.05) is 0 Å². The molecule has 1 heterocycles. The highest BCUT2D eigenvalue weighted by molar-refractivity contribution is 5.94. The minimum absolute atomic E-state index is 0.00949. The molecule has 0 unspecified atom stereocenters. The Morgan fingerprint density at radius 3 is 2.32 bits per heavy atom. The molecule has 1 N–H and O–H groups in total. The van der Waals surface area contributed by atoms with Gasteiger partial charge in [0.05, 0.1) is 5.56 Å². The van der Waals surface area contributed by atoms with E-state index in [-0.39, 0.29) is 12.4 Å². The fraction of sp³-hybridized carbons (Fsp3) is 0.100. The van der Waals surface area contributed by atoms with Crippen molar-refractivity contribution >= 4 is 5.91 Å². The Bertz CT molecular complexity index is 955. The number of nitrogens with zero attached hydrogens (tertiary/aromatic N) is 1. The number of alkyl halides is 3. The van der Waals surface area contributed by atoms with Gasteiger partial charge in [0.1, 0.15) is 11.6 Å². The van der Waals surface area contributed by atoms with Gasteiger partial charge in [-0.2, -0.15) is 13.2 Å². The summed E-state index contributed by atoms with van der Waals surface area (Å²) < 4.78 is 56.5. The second kappa shape index (κ2) is 8.08. The fourth-order valence-electron chi connectivity index (χ4n) is 2.32. The van der Waals surface area contributed by atoms with Crippen LogP contribution in [-0.2, 0) is 12.7 Å². The Labute approximate surface area is 157 Å². The lowest BCUT2D eigenvalue weighted by molar-refractivity contribution is -0.137. The molecule has 0 aliphatic carbocycles. The van der Waals surface area contributed by atoms with Gasteiger partial charge in [-0.15, -0.1) is 0 Å². The molecule has 28 heavy (non-hydrogen) atoms. The van der Waals surface area contributed by atoms with Crippen molar-refractivity contribution in [2.75, 3.05) is 0 Å². The normalized spacial score (nSPS) is 11.1. The second-order valence-electron chi connectivity index (χ2n) is 5.78. The average Bonchev–Trinajstić information content (AvgIpc) is 2.67. The van der Waals surface area contributed by atoms with Crippen molar-refractivity contribution in [3.05, 3.63) is 89.4 Å². The topological polar surface area (TPSA) is 51.2 Å². The Balaban J connectivity index is 1.60. The number of rotatable bonds is 5. The van der Waals surface area contributed by atoms with Gasteiger partial charge in [-0.1, -0.05) is 18.2 Å². The number of ether oxygens (including phenoxy) is 1. The predicted octanol–water partition coefficient (Wildman–Crippen LogP) is 4.96. The third kappa shape index (κ3) is 4.85. The Hall–Kier alpha value is -3.42. The van der Waals surface area contributed by atoms with Crippen LogP contribution in [-0.4, -0.2) is 10.9 Å². The number of aromatic nitrogens is 1. The first kappa shape index (κ1) is 19.3. The van der Waals surface area contributed by atoms with Gasteiger partial charge in [-0.25, -0.2) is 9.37 Å². The molecule has 0 atom stereocenters. The number of hydrogen-bond acceptors (Lipinski definition) is 3. The smallest absolute Gasteiger partial charge is 0.417 e. The summed E-state index contributed by atoms with van der Waals surface area (Å²) in [5.41, 5.74) is -0.185. The number of nitrogens with one attached hydrogen (secondary N) is 1. The summed E-state index contributed by atoms with van der Waals surface area (Å²) in [5.74, 6) is -0.513. The quantitative estimate of drug-likeness (QED) is 0.627. The maximum Gasteiger partial charge on any atom is 0.417 e. The highest BCUT2D eigenvalue weighted by Gasteiger charge is 2.30. The Morgan fingerprint density at radius 1 is 1.00 bits per heavy atom. The second-order valence-corrected chi connectivity index (χ2v) is 5.78. The molecular weight excluding hydrogens is 376 g/mol. The predicted molar refractivity (Wildman–Crippen MR) is 93.3 cm³/mol. The van der Waals surface area contributed by atoms with Crippen molar-refractivity contribution in [3.8, 4) is 11.6 Å². The summed E-state index contributed by atoms with van der Waals surface area (Å²) >= 11 is 0. The molecule has 0 radical (unpaired) electrons. The van der Waals surface area contributed by atoms with Crippen LogP contribution in [0.2, 0.25) is 0 Å². The number of halogens is 4. The summed E-state index contributed by atoms with van der Waals surface area (Å²) in [4.78, 5) is 15.7. The van der Waals surface area contributed by atoms with Crippen molar-refractivity contribution in [1.82, 2.24) is 10.3 Å². The first-order valence-electron chi connectivity index (χ1n) is 8.16. The number of hydrogen-bond donors (Lipinski definition) is 1. The van der Waals surface area contributed by atoms with Gasteiger partial charge in [0.25, 0.3) is 5.91 Å². The molecule has 0 aliphatic rings. The van der Waals surface area contributed by atoms with E-state index < -0.39 is 23.5 Å². The van der Waals surface area contributed by atoms with Gasteiger partial charge >= 0.3 is 6.18 Å². The van der Waals surface area contributed by atoms with Crippen LogP contribution >= 0.6 is 0 Å². The van der Waals surface area contributed by atoms with Crippen LogP contribution in [0.15, 0.2) is 66.9 Å². The molecule has 144 valence electrons. The molecule has 3 rings (SSSR count). The van der Waals surface area contributed by atoms with Gasteiger partial charge in [0.15, 0.2) is 0 Å². The lowest BCUT2D eigenvalue weighted by Crippen LogP contribution is -2.23. The van der Waals surface area contributed by atoms with E-state index in [1.54, 1.807) is 18.2 Å². The molecule has 4 nitrogen and oxygen atoms in total. The van der Waals surface area contributed by atoms with E-state index in [4.69, 9.17) is 4.74 Å². The summed E-state index contributed by atoms with van der Waals surface area (Å²) in [6, 6.07) is 14.0. The van der Waals surface area contributed by atoms with E-state index in [1.165, 1.54) is 30.3 Å². The minimum Gasteiger partial charge on any atom is -0.439 e. The highest BCUT2D eigenvalue weighted by atomic mass is 19.4. The summed E-state index contributed by atoms with van der Waals surface area (Å²) in [6.07, 6.45) is -3.79. The Morgan fingerprint density at radius 2 is 1.71 bits per heavy atom. The van der Waals surface area contributed by atoms with E-state index in [9.17, 15) is 22.4 Å². The van der Waals surface area contributed by atoms with Gasteiger partial charge < -0.3 is 10.1 Å². The molecule has 0 fully saturated rings. The SMILES string of the molecule is O=C(NCc1ccccc1F)c1ccc(Oc2ccc(C(F)(F)F)cn2)cc1. The first-order chi connectivity index (χ1) is 13.3. The van der Waals surface area contributed by atoms with E-state index in [0.29, 0.717) is 23.1 Å². The first-order valence-corrected chi connectivity index (χ1v) is 8.16. The largest absolute Gasteiger partial charge is 0.439 e. The number of carbonyl (C=O) groups excluding carboxylic acids is 1. The van der Waals surface area contributed by atoms with Crippen LogP contribution in [0.3, 0.4) is 0 Å². The van der Waals surface area contributed by atoms with Crippen molar-refractivity contribution < 1.29 is 27.1 Å². The van der Waals surface area contributed by atoms with Crippen LogP contribution in [0.25, 0.3) is 0 Å². The van der Waals surface area contributed by atoms with Gasteiger partial charge in [-0.3, -0.25) is 4.79 Å². The molecule has 0 aliphatic heterocycles. The molecule has 0 saturated carbocycles. The number of benzene rings is 2. The maximum absolute atomic E-state index is 13.6. The summed E-state index contributed by atoms with van der Waals surface area (Å²) in [5, 5.41) is 2.61. The summed E-state index contributed by atoms with van der Waals surface area (Å²) in [7, 11) is 0. The lowest BCUT2D eigenvalue weighted by Gasteiger charge is -2.09. The molecular formula is C20H14F4N2O2. The van der Waals surface area contributed by atoms with E-state index >= 15 is 0 Å². The van der Waals surface area contributed by atoms with Crippen LogP contribution in [0.5, 0.6) is 11.6 Å². The highest BCUT2D eigenvalue weighted by Crippen LogP contribution is 2.30. The average molecular weight is 390 g/mol. The number of amides is 1. The number of carbonyl (C=O) groups is 1. The van der Waals surface area contributed by atoms with Gasteiger partial charge in [-0.05, 0) is 36.4 Å². The van der Waals surface area contributed by atoms with E-state index in [2.05, 4.69) is 10.3 Å². The molecule has 0 spiro atoms. The summed E-state index contributed by atoms with van der Waals surface area (Å²) in [6.45, 7) is 0.0409. The van der Waals surface area contributed by atoms with Crippen molar-refractivity contribution in [2.45, 2.75) is 12.7 Å². The third-order valence-electron chi connectivity index (χ3n) is 3.80. The van der Waals surface area contributed by atoms with Crippen LogP contribution < -0.4 is 10.1 Å². The fourth-order valence-corrected chi connectivity index (χ4v) is 2.32. The molecule has 0 bridgehead atoms. The van der Waals surface area contributed by atoms with Gasteiger partial charge in [0.2, 0.25) is 5.88 Å². The van der Waals surface area contributed by atoms with Gasteiger partial charge in [0, 0.05) is 29.9 Å². The molecule has 2 aromatic carbocycles. The van der Waals surface area contributed by atoms with E-state index in [0.717, 1.165) is 12.1 Å². The van der Waals surface area contributed by atoms with Crippen molar-refractivity contribution in [2.24, 2.45) is 0 Å². The van der Waals surface area contributed by atoms with Crippen LogP contribution in [0, 0.1) is 5.82 Å². The van der Waals surface area contributed by atoms with Crippen LogP contribution in [0.1, 0.15) is 21.5 Å². The molecule has 1 aromatic heterocycles. The standard InChI is InChI=1S/C20H14F4N2O2/c21-17-4-2-1-3-14(17)11-26-19(27)13-5-8-16(9-6-13)28-18-10-7-15(12-25-18)20(22,23)24/h1-10,12H,11H2,(H,26,27). The molecule has 3 aromatic rings. The molecule has 8 heteroatoms. The zero-order valence-corrected chi connectivity index (χ0v) is 14.3. The van der Waals surface area contributed by atoms with Crippen molar-refractivity contribution in [1.29, 1.82) is 0 Å². The van der Waals surface area contributed by atoms with Crippen LogP contribution in [0.4, 0.5) is 17.6 Å². The number of pyridine rings is 1. The Kier molecular flexibility index (Phi) is 5.58. The zero-order valence-electron chi connectivity index (χ0n) is 14.3. The molecule has 0 saturated heterocycles. The zero-order chi connectivity index (χ0) is 20.1.